The molecule has 5 nitrogen and oxygen atoms in total. The lowest BCUT2D eigenvalue weighted by Crippen LogP contribution is -2.49. The van der Waals surface area contributed by atoms with Crippen molar-refractivity contribution in [1.82, 2.24) is 0 Å². The van der Waals surface area contributed by atoms with Crippen molar-refractivity contribution in [2.75, 3.05) is 0 Å². The molecular formula is C18H22O5S. The molecule has 130 valence electrons. The molecule has 0 radical (unpaired) electrons. The van der Waals surface area contributed by atoms with Crippen molar-refractivity contribution < 1.29 is 25.2 Å². The summed E-state index contributed by atoms with van der Waals surface area (Å²) in [4.78, 5) is 0.844. The van der Waals surface area contributed by atoms with Gasteiger partial charge in [0.25, 0.3) is 0 Å². The van der Waals surface area contributed by atoms with Crippen LogP contribution in [0.5, 0.6) is 5.75 Å². The molecule has 2 aromatic rings. The SMILES string of the molecule is C[C@@H](O)[C@H](O)[C@H](O)[C@@H](O)C(Oc1ccccc1)Sc1ccccc1. The van der Waals surface area contributed by atoms with Crippen LogP contribution in [0.1, 0.15) is 6.92 Å². The average Bonchev–Trinajstić information content (AvgIpc) is 2.61. The molecule has 24 heavy (non-hydrogen) atoms. The zero-order chi connectivity index (χ0) is 17.5. The van der Waals surface area contributed by atoms with Crippen LogP contribution < -0.4 is 4.74 Å². The van der Waals surface area contributed by atoms with Crippen molar-refractivity contribution >= 4 is 11.8 Å². The van der Waals surface area contributed by atoms with Gasteiger partial charge in [0.2, 0.25) is 0 Å². The Kier molecular flexibility index (Phi) is 7.08. The Morgan fingerprint density at radius 1 is 0.750 bits per heavy atom. The van der Waals surface area contributed by atoms with Gasteiger partial charge in [-0.3, -0.25) is 0 Å². The van der Waals surface area contributed by atoms with Crippen LogP contribution >= 0.6 is 11.8 Å². The van der Waals surface area contributed by atoms with E-state index < -0.39 is 29.9 Å². The van der Waals surface area contributed by atoms with Crippen molar-refractivity contribution in [2.45, 2.75) is 41.7 Å². The Morgan fingerprint density at radius 3 is 1.83 bits per heavy atom. The van der Waals surface area contributed by atoms with Crippen molar-refractivity contribution in [3.05, 3.63) is 60.7 Å². The number of hydrogen-bond acceptors (Lipinski definition) is 6. The van der Waals surface area contributed by atoms with E-state index in [-0.39, 0.29) is 0 Å². The summed E-state index contributed by atoms with van der Waals surface area (Å²) >= 11 is 1.22. The van der Waals surface area contributed by atoms with Gasteiger partial charge >= 0.3 is 0 Å². The van der Waals surface area contributed by atoms with Gasteiger partial charge in [-0.1, -0.05) is 48.2 Å². The number of benzene rings is 2. The maximum absolute atomic E-state index is 10.5. The monoisotopic (exact) mass is 350 g/mol. The molecule has 0 bridgehead atoms. The zero-order valence-electron chi connectivity index (χ0n) is 13.3. The summed E-state index contributed by atoms with van der Waals surface area (Å²) in [6, 6.07) is 18.2. The second-order valence-electron chi connectivity index (χ2n) is 5.44. The number of para-hydroxylation sites is 1. The third-order valence-electron chi connectivity index (χ3n) is 3.46. The molecule has 0 heterocycles. The normalized spacial score (nSPS) is 17.5. The lowest BCUT2D eigenvalue weighted by Gasteiger charge is -2.30. The smallest absolute Gasteiger partial charge is 0.177 e. The summed E-state index contributed by atoms with van der Waals surface area (Å²) in [6.07, 6.45) is -5.60. The maximum Gasteiger partial charge on any atom is 0.177 e. The van der Waals surface area contributed by atoms with E-state index in [1.165, 1.54) is 18.7 Å². The van der Waals surface area contributed by atoms with Crippen LogP contribution in [-0.2, 0) is 0 Å². The quantitative estimate of drug-likeness (QED) is 0.428. The van der Waals surface area contributed by atoms with Crippen LogP contribution in [-0.4, -0.2) is 50.3 Å². The number of hydrogen-bond donors (Lipinski definition) is 4. The minimum Gasteiger partial charge on any atom is -0.477 e. The first-order valence-corrected chi connectivity index (χ1v) is 8.52. The molecule has 2 rings (SSSR count). The van der Waals surface area contributed by atoms with Gasteiger partial charge in [0.15, 0.2) is 5.44 Å². The number of aliphatic hydroxyl groups excluding tert-OH is 4. The first-order valence-electron chi connectivity index (χ1n) is 7.64. The molecule has 0 saturated carbocycles. The van der Waals surface area contributed by atoms with Crippen LogP contribution in [0.25, 0.3) is 0 Å². The molecular weight excluding hydrogens is 328 g/mol. The van der Waals surface area contributed by atoms with Crippen LogP contribution in [0, 0.1) is 0 Å². The molecule has 0 aromatic heterocycles. The molecule has 0 amide bonds. The van der Waals surface area contributed by atoms with Gasteiger partial charge in [-0.2, -0.15) is 0 Å². The van der Waals surface area contributed by atoms with Crippen LogP contribution in [0.3, 0.4) is 0 Å². The molecule has 1 unspecified atom stereocenters. The minimum atomic E-state index is -1.55. The van der Waals surface area contributed by atoms with E-state index in [4.69, 9.17) is 4.74 Å². The van der Waals surface area contributed by atoms with Gasteiger partial charge in [-0.15, -0.1) is 0 Å². The molecule has 0 saturated heterocycles. The molecule has 0 fully saturated rings. The van der Waals surface area contributed by atoms with E-state index in [2.05, 4.69) is 0 Å². The second kappa shape index (κ2) is 9.05. The van der Waals surface area contributed by atoms with E-state index in [1.807, 2.05) is 36.4 Å². The Bertz CT molecular complexity index is 551. The van der Waals surface area contributed by atoms with Crippen molar-refractivity contribution in [3.8, 4) is 5.75 Å². The Hall–Kier alpha value is -1.57. The highest BCUT2D eigenvalue weighted by Gasteiger charge is 2.35. The lowest BCUT2D eigenvalue weighted by atomic mass is 10.0. The predicted molar refractivity (Wildman–Crippen MR) is 92.9 cm³/mol. The number of thioether (sulfide) groups is 1. The standard InChI is InChI=1S/C18H22O5S/c1-12(19)15(20)16(21)17(22)18(23-13-8-4-2-5-9-13)24-14-10-6-3-7-11-14/h2-12,15-22H,1H3/t12-,15+,16+,17-,18?/m1/s1. The molecule has 0 aliphatic rings. The van der Waals surface area contributed by atoms with Crippen LogP contribution in [0.15, 0.2) is 65.6 Å². The number of rotatable bonds is 8. The van der Waals surface area contributed by atoms with Gasteiger partial charge in [-0.25, -0.2) is 0 Å². The highest BCUT2D eigenvalue weighted by atomic mass is 32.2. The predicted octanol–water partition coefficient (Wildman–Crippen LogP) is 1.65. The fraction of sp³-hybridized carbons (Fsp3) is 0.333. The Balaban J connectivity index is 2.18. The largest absolute Gasteiger partial charge is 0.477 e. The Labute approximate surface area is 145 Å². The summed E-state index contributed by atoms with van der Waals surface area (Å²) in [5, 5.41) is 39.8. The second-order valence-corrected chi connectivity index (χ2v) is 6.61. The average molecular weight is 350 g/mol. The highest BCUT2D eigenvalue weighted by molar-refractivity contribution is 7.99. The molecule has 0 aliphatic carbocycles. The summed E-state index contributed by atoms with van der Waals surface area (Å²) in [6.45, 7) is 1.35. The topological polar surface area (TPSA) is 90.2 Å². The summed E-state index contributed by atoms with van der Waals surface area (Å²) in [5.74, 6) is 0.531. The maximum atomic E-state index is 10.5. The third kappa shape index (κ3) is 5.22. The van der Waals surface area contributed by atoms with E-state index in [9.17, 15) is 20.4 Å². The first-order chi connectivity index (χ1) is 11.5. The summed E-state index contributed by atoms with van der Waals surface area (Å²) in [7, 11) is 0. The number of aliphatic hydroxyl groups is 4. The van der Waals surface area contributed by atoms with E-state index >= 15 is 0 Å². The minimum absolute atomic E-state index is 0.531. The fourth-order valence-electron chi connectivity index (χ4n) is 2.08. The third-order valence-corrected chi connectivity index (χ3v) is 4.62. The van der Waals surface area contributed by atoms with Gasteiger partial charge < -0.3 is 25.2 Å². The van der Waals surface area contributed by atoms with Crippen LogP contribution in [0.2, 0.25) is 0 Å². The van der Waals surface area contributed by atoms with Gasteiger partial charge in [0.1, 0.15) is 24.1 Å². The molecule has 0 aliphatic heterocycles. The highest BCUT2D eigenvalue weighted by Crippen LogP contribution is 2.29. The molecule has 5 atom stereocenters. The lowest BCUT2D eigenvalue weighted by molar-refractivity contribution is -0.113. The van der Waals surface area contributed by atoms with E-state index in [0.29, 0.717) is 5.75 Å². The molecule has 0 spiro atoms. The summed E-state index contributed by atoms with van der Waals surface area (Å²) < 4.78 is 5.79. The zero-order valence-corrected chi connectivity index (χ0v) is 14.1. The van der Waals surface area contributed by atoms with E-state index in [1.54, 1.807) is 24.3 Å². The van der Waals surface area contributed by atoms with Crippen molar-refractivity contribution in [2.24, 2.45) is 0 Å². The van der Waals surface area contributed by atoms with E-state index in [0.717, 1.165) is 4.90 Å². The first kappa shape index (κ1) is 18.8. The van der Waals surface area contributed by atoms with Gasteiger partial charge in [-0.05, 0) is 31.2 Å². The van der Waals surface area contributed by atoms with Crippen molar-refractivity contribution in [3.63, 3.8) is 0 Å². The van der Waals surface area contributed by atoms with Crippen LogP contribution in [0.4, 0.5) is 0 Å². The number of ether oxygens (including phenoxy) is 1. The molecule has 4 N–H and O–H groups in total. The molecule has 2 aromatic carbocycles. The molecule has 6 heteroatoms. The van der Waals surface area contributed by atoms with Gasteiger partial charge in [0.05, 0.1) is 6.10 Å². The fourth-order valence-corrected chi connectivity index (χ4v) is 3.12. The van der Waals surface area contributed by atoms with Gasteiger partial charge in [0, 0.05) is 4.90 Å². The van der Waals surface area contributed by atoms with Crippen molar-refractivity contribution in [1.29, 1.82) is 0 Å². The Morgan fingerprint density at radius 2 is 1.29 bits per heavy atom. The summed E-state index contributed by atoms with van der Waals surface area (Å²) in [5.41, 5.74) is -0.863.